The molecule has 0 spiro atoms. The van der Waals surface area contributed by atoms with Crippen molar-refractivity contribution in [3.63, 3.8) is 0 Å². The van der Waals surface area contributed by atoms with Crippen molar-refractivity contribution in [2.24, 2.45) is 5.92 Å². The molecule has 0 bridgehead atoms. The highest BCUT2D eigenvalue weighted by Crippen LogP contribution is 2.16. The van der Waals surface area contributed by atoms with Crippen molar-refractivity contribution < 1.29 is 9.53 Å². The molecule has 0 aliphatic carbocycles. The summed E-state index contributed by atoms with van der Waals surface area (Å²) in [7, 11) is 0. The second-order valence-corrected chi connectivity index (χ2v) is 4.68. The van der Waals surface area contributed by atoms with Crippen molar-refractivity contribution in [2.75, 3.05) is 24.3 Å². The average Bonchev–Trinajstić information content (AvgIpc) is 2.31. The fourth-order valence-corrected chi connectivity index (χ4v) is 1.41. The number of para-hydroxylation sites is 2. The Morgan fingerprint density at radius 2 is 2.06 bits per heavy atom. The van der Waals surface area contributed by atoms with E-state index in [2.05, 4.69) is 19.2 Å². The van der Waals surface area contributed by atoms with Gasteiger partial charge in [-0.15, -0.1) is 0 Å². The lowest BCUT2D eigenvalue weighted by Gasteiger charge is -2.08. The van der Waals surface area contributed by atoms with Crippen molar-refractivity contribution in [3.8, 4) is 0 Å². The number of amides is 1. The Labute approximate surface area is 109 Å². The molecule has 1 aromatic carbocycles. The Morgan fingerprint density at radius 1 is 1.33 bits per heavy atom. The average molecular weight is 250 g/mol. The van der Waals surface area contributed by atoms with Gasteiger partial charge in [0.25, 0.3) is 0 Å². The molecule has 1 rings (SSSR count). The van der Waals surface area contributed by atoms with Gasteiger partial charge in [0.15, 0.2) is 0 Å². The van der Waals surface area contributed by atoms with E-state index in [-0.39, 0.29) is 5.91 Å². The summed E-state index contributed by atoms with van der Waals surface area (Å²) in [4.78, 5) is 11.6. The molecule has 3 N–H and O–H groups in total. The third-order valence-corrected chi connectivity index (χ3v) is 2.55. The molecular formula is C14H22N2O2. The van der Waals surface area contributed by atoms with Crippen LogP contribution in [0.3, 0.4) is 0 Å². The van der Waals surface area contributed by atoms with Gasteiger partial charge in [-0.2, -0.15) is 0 Å². The van der Waals surface area contributed by atoms with E-state index in [1.54, 1.807) is 12.1 Å². The van der Waals surface area contributed by atoms with Gasteiger partial charge < -0.3 is 15.8 Å². The number of nitrogens with one attached hydrogen (secondary N) is 1. The maximum atomic E-state index is 11.6. The third-order valence-electron chi connectivity index (χ3n) is 2.55. The zero-order valence-corrected chi connectivity index (χ0v) is 11.1. The summed E-state index contributed by atoms with van der Waals surface area (Å²) >= 11 is 0. The van der Waals surface area contributed by atoms with Crippen molar-refractivity contribution in [3.05, 3.63) is 24.3 Å². The van der Waals surface area contributed by atoms with E-state index in [0.717, 1.165) is 6.42 Å². The Bertz CT molecular complexity index is 378. The van der Waals surface area contributed by atoms with E-state index in [1.807, 2.05) is 12.1 Å². The molecule has 4 nitrogen and oxygen atoms in total. The minimum Gasteiger partial charge on any atom is -0.397 e. The van der Waals surface area contributed by atoms with E-state index in [9.17, 15) is 4.79 Å². The highest BCUT2D eigenvalue weighted by molar-refractivity contribution is 5.93. The van der Waals surface area contributed by atoms with Crippen LogP contribution < -0.4 is 11.1 Å². The molecule has 0 radical (unpaired) electrons. The van der Waals surface area contributed by atoms with Crippen LogP contribution in [0.4, 0.5) is 11.4 Å². The smallest absolute Gasteiger partial charge is 0.226 e. The summed E-state index contributed by atoms with van der Waals surface area (Å²) in [5.74, 6) is 0.556. The summed E-state index contributed by atoms with van der Waals surface area (Å²) in [5, 5.41) is 2.77. The van der Waals surface area contributed by atoms with Crippen LogP contribution in [0.2, 0.25) is 0 Å². The first kappa shape index (κ1) is 14.5. The highest BCUT2D eigenvalue weighted by Gasteiger charge is 2.04. The zero-order chi connectivity index (χ0) is 13.4. The molecule has 0 aliphatic rings. The Kier molecular flexibility index (Phi) is 6.22. The predicted molar refractivity (Wildman–Crippen MR) is 74.4 cm³/mol. The van der Waals surface area contributed by atoms with Crippen molar-refractivity contribution in [1.29, 1.82) is 0 Å². The van der Waals surface area contributed by atoms with Crippen LogP contribution in [0.15, 0.2) is 24.3 Å². The van der Waals surface area contributed by atoms with Crippen LogP contribution in [0.5, 0.6) is 0 Å². The molecular weight excluding hydrogens is 228 g/mol. The largest absolute Gasteiger partial charge is 0.397 e. The molecule has 0 fully saturated rings. The standard InChI is InChI=1S/C14H22N2O2/c1-11(2)7-9-18-10-8-14(17)16-13-6-4-3-5-12(13)15/h3-6,11H,7-10,15H2,1-2H3,(H,16,17). The van der Waals surface area contributed by atoms with Gasteiger partial charge in [0, 0.05) is 6.61 Å². The number of carbonyl (C=O) groups excluding carboxylic acids is 1. The fourth-order valence-electron chi connectivity index (χ4n) is 1.41. The lowest BCUT2D eigenvalue weighted by molar-refractivity contribution is -0.117. The Balaban J connectivity index is 2.20. The normalized spacial score (nSPS) is 10.6. The quantitative estimate of drug-likeness (QED) is 0.577. The van der Waals surface area contributed by atoms with Gasteiger partial charge in [-0.1, -0.05) is 26.0 Å². The van der Waals surface area contributed by atoms with E-state index < -0.39 is 0 Å². The number of nitrogens with two attached hydrogens (primary N) is 1. The summed E-state index contributed by atoms with van der Waals surface area (Å²) in [6.07, 6.45) is 1.37. The second-order valence-electron chi connectivity index (χ2n) is 4.68. The van der Waals surface area contributed by atoms with Crippen LogP contribution in [0.25, 0.3) is 0 Å². The number of rotatable bonds is 7. The first-order valence-corrected chi connectivity index (χ1v) is 6.31. The number of anilines is 2. The van der Waals surface area contributed by atoms with E-state index in [0.29, 0.717) is 36.9 Å². The number of carbonyl (C=O) groups is 1. The number of hydrogen-bond acceptors (Lipinski definition) is 3. The van der Waals surface area contributed by atoms with Crippen molar-refractivity contribution in [2.45, 2.75) is 26.7 Å². The Hall–Kier alpha value is -1.55. The predicted octanol–water partition coefficient (Wildman–Crippen LogP) is 2.66. The summed E-state index contributed by atoms with van der Waals surface area (Å²) in [5.41, 5.74) is 6.97. The molecule has 0 aromatic heterocycles. The van der Waals surface area contributed by atoms with Gasteiger partial charge in [-0.05, 0) is 24.5 Å². The van der Waals surface area contributed by atoms with Crippen LogP contribution in [-0.2, 0) is 9.53 Å². The van der Waals surface area contributed by atoms with Crippen LogP contribution in [0.1, 0.15) is 26.7 Å². The number of benzene rings is 1. The van der Waals surface area contributed by atoms with Crippen LogP contribution in [0, 0.1) is 5.92 Å². The summed E-state index contributed by atoms with van der Waals surface area (Å²) in [6, 6.07) is 7.22. The van der Waals surface area contributed by atoms with Crippen LogP contribution >= 0.6 is 0 Å². The zero-order valence-electron chi connectivity index (χ0n) is 11.1. The van der Waals surface area contributed by atoms with Gasteiger partial charge in [0.05, 0.1) is 24.4 Å². The molecule has 0 saturated carbocycles. The maximum absolute atomic E-state index is 11.6. The fraction of sp³-hybridized carbons (Fsp3) is 0.500. The molecule has 0 aliphatic heterocycles. The van der Waals surface area contributed by atoms with Gasteiger partial charge >= 0.3 is 0 Å². The molecule has 0 heterocycles. The minimum atomic E-state index is -0.0718. The van der Waals surface area contributed by atoms with E-state index >= 15 is 0 Å². The molecule has 1 aromatic rings. The monoisotopic (exact) mass is 250 g/mol. The third kappa shape index (κ3) is 5.68. The van der Waals surface area contributed by atoms with Crippen LogP contribution in [-0.4, -0.2) is 19.1 Å². The Morgan fingerprint density at radius 3 is 2.72 bits per heavy atom. The molecule has 0 unspecified atom stereocenters. The van der Waals surface area contributed by atoms with Crippen molar-refractivity contribution >= 4 is 17.3 Å². The van der Waals surface area contributed by atoms with Gasteiger partial charge in [0.2, 0.25) is 5.91 Å². The molecule has 1 amide bonds. The summed E-state index contributed by atoms with van der Waals surface area (Å²) < 4.78 is 5.39. The molecule has 0 atom stereocenters. The second kappa shape index (κ2) is 7.71. The topological polar surface area (TPSA) is 64.3 Å². The molecule has 0 saturated heterocycles. The van der Waals surface area contributed by atoms with Crippen molar-refractivity contribution in [1.82, 2.24) is 0 Å². The van der Waals surface area contributed by atoms with Gasteiger partial charge in [-0.25, -0.2) is 0 Å². The van der Waals surface area contributed by atoms with E-state index in [1.165, 1.54) is 0 Å². The number of hydrogen-bond donors (Lipinski definition) is 2. The SMILES string of the molecule is CC(C)CCOCCC(=O)Nc1ccccc1N. The maximum Gasteiger partial charge on any atom is 0.226 e. The first-order valence-electron chi connectivity index (χ1n) is 6.31. The molecule has 4 heteroatoms. The number of ether oxygens (including phenoxy) is 1. The summed E-state index contributed by atoms with van der Waals surface area (Å²) in [6.45, 7) is 5.45. The molecule has 100 valence electrons. The van der Waals surface area contributed by atoms with Gasteiger partial charge in [0.1, 0.15) is 0 Å². The van der Waals surface area contributed by atoms with E-state index in [4.69, 9.17) is 10.5 Å². The van der Waals surface area contributed by atoms with Gasteiger partial charge in [-0.3, -0.25) is 4.79 Å². The number of nitrogen functional groups attached to an aromatic ring is 1. The molecule has 18 heavy (non-hydrogen) atoms. The lowest BCUT2D eigenvalue weighted by Crippen LogP contribution is -2.15. The highest BCUT2D eigenvalue weighted by atomic mass is 16.5. The minimum absolute atomic E-state index is 0.0718. The first-order chi connectivity index (χ1) is 8.59. The lowest BCUT2D eigenvalue weighted by atomic mass is 10.1.